The number of rotatable bonds is 12. The monoisotopic (exact) mass is 835 g/mol. The second-order valence-corrected chi connectivity index (χ2v) is 15.8. The number of aromatic nitrogens is 5. The number of benzene rings is 3. The normalized spacial score (nSPS) is 11.2. The summed E-state index contributed by atoms with van der Waals surface area (Å²) in [4.78, 5) is 13.6. The molecule has 9 nitrogen and oxygen atoms in total. The number of nitrogens with zero attached hydrogens (tertiary/aromatic N) is 5. The van der Waals surface area contributed by atoms with Crippen LogP contribution in [0.2, 0.25) is 0 Å². The summed E-state index contributed by atoms with van der Waals surface area (Å²) in [5.41, 5.74) is 10.7. The third kappa shape index (κ3) is 11.0. The minimum atomic E-state index is -0.368. The van der Waals surface area contributed by atoms with Gasteiger partial charge in [0.05, 0.1) is 48.2 Å². The smallest absolute Gasteiger partial charge is 0.216 e. The number of pyridine rings is 3. The molecule has 5 aromatic heterocycles. The van der Waals surface area contributed by atoms with Gasteiger partial charge in [0.1, 0.15) is 22.8 Å². The van der Waals surface area contributed by atoms with Crippen LogP contribution in [0, 0.1) is 12.7 Å². The molecule has 3 aromatic carbocycles. The zero-order chi connectivity index (χ0) is 44.5. The van der Waals surface area contributed by atoms with Crippen LogP contribution in [0.15, 0.2) is 128 Å². The van der Waals surface area contributed by atoms with Gasteiger partial charge in [0.15, 0.2) is 11.6 Å². The molecule has 0 aliphatic rings. The van der Waals surface area contributed by atoms with E-state index in [1.807, 2.05) is 166 Å². The van der Waals surface area contributed by atoms with Crippen molar-refractivity contribution < 1.29 is 23.3 Å². The van der Waals surface area contributed by atoms with Crippen LogP contribution in [-0.4, -0.2) is 48.2 Å². The minimum absolute atomic E-state index is 0.0764. The van der Waals surface area contributed by atoms with Gasteiger partial charge >= 0.3 is 0 Å². The van der Waals surface area contributed by atoms with E-state index in [0.29, 0.717) is 5.88 Å². The van der Waals surface area contributed by atoms with Crippen LogP contribution in [-0.2, 0) is 0 Å². The summed E-state index contributed by atoms with van der Waals surface area (Å²) in [5, 5.41) is 0. The Hall–Kier alpha value is -6.68. The molecule has 0 aliphatic heterocycles. The fraction of sp³-hybridized carbons (Fsp3) is 0.288. The van der Waals surface area contributed by atoms with Crippen molar-refractivity contribution >= 4 is 11.3 Å². The molecule has 0 spiro atoms. The van der Waals surface area contributed by atoms with Crippen molar-refractivity contribution in [3.05, 3.63) is 139 Å². The van der Waals surface area contributed by atoms with Crippen molar-refractivity contribution in [2.24, 2.45) is 0 Å². The van der Waals surface area contributed by atoms with Gasteiger partial charge in [0.25, 0.3) is 0 Å². The Balaban J connectivity index is 0.000000199. The van der Waals surface area contributed by atoms with E-state index >= 15 is 0 Å². The Labute approximate surface area is 365 Å². The Morgan fingerprint density at radius 2 is 0.903 bits per heavy atom. The largest absolute Gasteiger partial charge is 0.491 e. The molecule has 10 heteroatoms. The number of hydrogen-bond donors (Lipinski definition) is 0. The number of imidazole rings is 2. The zero-order valence-corrected chi connectivity index (χ0v) is 37.7. The minimum Gasteiger partial charge on any atom is -0.491 e. The van der Waals surface area contributed by atoms with Crippen molar-refractivity contribution in [3.63, 3.8) is 0 Å². The molecule has 5 heterocycles. The van der Waals surface area contributed by atoms with Gasteiger partial charge in [0, 0.05) is 35.3 Å². The summed E-state index contributed by atoms with van der Waals surface area (Å²) in [5.74, 6) is 2.28. The fourth-order valence-corrected chi connectivity index (χ4v) is 6.78. The lowest BCUT2D eigenvalue weighted by molar-refractivity contribution is 0.231. The SMILES string of the molecule is CC.CC(C)Oc1ccc(-c2cnc3ccc(-c4ccc(OC(C)C)c(F)c4)cn23)cc1.Cc1cc(-c2cnc3ccc(-c4ccc(OC(C)C)cc4)cn23)cnc1OC(C)C. The van der Waals surface area contributed by atoms with Gasteiger partial charge in [-0.05, 0) is 163 Å². The van der Waals surface area contributed by atoms with Crippen LogP contribution >= 0.6 is 0 Å². The topological polar surface area (TPSA) is 84.4 Å². The van der Waals surface area contributed by atoms with Gasteiger partial charge in [-0.25, -0.2) is 19.3 Å². The van der Waals surface area contributed by atoms with E-state index < -0.39 is 0 Å². The van der Waals surface area contributed by atoms with E-state index in [1.54, 1.807) is 6.07 Å². The maximum atomic E-state index is 14.5. The van der Waals surface area contributed by atoms with Gasteiger partial charge in [-0.15, -0.1) is 0 Å². The number of aryl methyl sites for hydroxylation is 1. The molecule has 0 atom stereocenters. The first-order valence-electron chi connectivity index (χ1n) is 21.4. The Morgan fingerprint density at radius 3 is 1.39 bits per heavy atom. The first-order valence-corrected chi connectivity index (χ1v) is 21.4. The molecular formula is C52H58FN5O4. The highest BCUT2D eigenvalue weighted by molar-refractivity contribution is 5.71. The standard InChI is InChI=1S/C25H25FN2O2.C25H27N3O2.C2H6/c1-16(2)29-21-9-5-18(6-10-21)23-14-27-25-12-8-20(15-28(23)25)19-7-11-24(22(26)13-19)30-17(3)4;1-16(2)29-22-9-6-19(7-10-22)20-8-11-24-26-14-23(28(24)15-20)21-12-18(5)25(27-13-21)30-17(3)4;1-2/h5-17H,1-4H3;6-17H,1-5H3;1-2H3. The van der Waals surface area contributed by atoms with Crippen molar-refractivity contribution in [2.75, 3.05) is 0 Å². The maximum absolute atomic E-state index is 14.5. The summed E-state index contributed by atoms with van der Waals surface area (Å²) in [6, 6.07) is 31.3. The van der Waals surface area contributed by atoms with Crippen LogP contribution in [0.25, 0.3) is 56.1 Å². The predicted molar refractivity (Wildman–Crippen MR) is 249 cm³/mol. The van der Waals surface area contributed by atoms with Crippen LogP contribution in [0.5, 0.6) is 23.1 Å². The van der Waals surface area contributed by atoms with E-state index in [-0.39, 0.29) is 36.0 Å². The van der Waals surface area contributed by atoms with Gasteiger partial charge in [-0.3, -0.25) is 8.80 Å². The summed E-state index contributed by atoms with van der Waals surface area (Å²) in [7, 11) is 0. The number of hydrogen-bond acceptors (Lipinski definition) is 7. The van der Waals surface area contributed by atoms with Gasteiger partial charge in [0.2, 0.25) is 5.88 Å². The zero-order valence-electron chi connectivity index (χ0n) is 37.7. The predicted octanol–water partition coefficient (Wildman–Crippen LogP) is 13.4. The van der Waals surface area contributed by atoms with E-state index in [4.69, 9.17) is 18.9 Å². The Kier molecular flexibility index (Phi) is 14.7. The highest BCUT2D eigenvalue weighted by Crippen LogP contribution is 2.31. The van der Waals surface area contributed by atoms with Crippen molar-refractivity contribution in [1.29, 1.82) is 0 Å². The quantitative estimate of drug-likeness (QED) is 0.121. The number of ether oxygens (including phenoxy) is 4. The van der Waals surface area contributed by atoms with Crippen LogP contribution < -0.4 is 18.9 Å². The van der Waals surface area contributed by atoms with Gasteiger partial charge in [-0.2, -0.15) is 0 Å². The average Bonchev–Trinajstić information content (AvgIpc) is 3.87. The molecule has 0 aliphatic carbocycles. The molecule has 8 rings (SSSR count). The molecule has 0 saturated heterocycles. The van der Waals surface area contributed by atoms with Crippen LogP contribution in [0.4, 0.5) is 4.39 Å². The molecule has 322 valence electrons. The molecule has 0 saturated carbocycles. The third-order valence-corrected chi connectivity index (χ3v) is 9.39. The average molecular weight is 836 g/mol. The van der Waals surface area contributed by atoms with Crippen molar-refractivity contribution in [1.82, 2.24) is 23.8 Å². The molecule has 0 bridgehead atoms. The first-order chi connectivity index (χ1) is 29.8. The van der Waals surface area contributed by atoms with E-state index in [1.165, 1.54) is 6.07 Å². The van der Waals surface area contributed by atoms with Crippen LogP contribution in [0.1, 0.15) is 74.8 Å². The van der Waals surface area contributed by atoms with E-state index in [0.717, 1.165) is 73.1 Å². The molecule has 0 fully saturated rings. The second-order valence-electron chi connectivity index (χ2n) is 15.8. The molecule has 8 aromatic rings. The summed E-state index contributed by atoms with van der Waals surface area (Å²) < 4.78 is 41.3. The molecule has 62 heavy (non-hydrogen) atoms. The third-order valence-electron chi connectivity index (χ3n) is 9.39. The van der Waals surface area contributed by atoms with E-state index in [2.05, 4.69) is 49.8 Å². The van der Waals surface area contributed by atoms with Crippen molar-refractivity contribution in [3.8, 4) is 67.9 Å². The van der Waals surface area contributed by atoms with Crippen LogP contribution in [0.3, 0.4) is 0 Å². The van der Waals surface area contributed by atoms with E-state index in [9.17, 15) is 4.39 Å². The number of fused-ring (bicyclic) bond motifs is 2. The lowest BCUT2D eigenvalue weighted by Crippen LogP contribution is -2.08. The second kappa shape index (κ2) is 20.3. The molecule has 0 unspecified atom stereocenters. The number of halogens is 1. The van der Waals surface area contributed by atoms with Gasteiger partial charge in [-0.1, -0.05) is 32.0 Å². The van der Waals surface area contributed by atoms with Crippen molar-refractivity contribution in [2.45, 2.75) is 101 Å². The summed E-state index contributed by atoms with van der Waals surface area (Å²) in [6.07, 6.45) is 9.99. The molecule has 0 amide bonds. The highest BCUT2D eigenvalue weighted by atomic mass is 19.1. The lowest BCUT2D eigenvalue weighted by atomic mass is 10.1. The maximum Gasteiger partial charge on any atom is 0.216 e. The Bertz CT molecular complexity index is 2700. The molecule has 0 radical (unpaired) electrons. The Morgan fingerprint density at radius 1 is 0.452 bits per heavy atom. The van der Waals surface area contributed by atoms with Gasteiger partial charge < -0.3 is 18.9 Å². The fourth-order valence-electron chi connectivity index (χ4n) is 6.78. The summed E-state index contributed by atoms with van der Waals surface area (Å²) >= 11 is 0. The molecular weight excluding hydrogens is 778 g/mol. The molecule has 0 N–H and O–H groups in total. The highest BCUT2D eigenvalue weighted by Gasteiger charge is 2.14. The first kappa shape index (κ1) is 44.9. The summed E-state index contributed by atoms with van der Waals surface area (Å²) in [6.45, 7) is 21.8. The lowest BCUT2D eigenvalue weighted by Gasteiger charge is -2.12.